The van der Waals surface area contributed by atoms with Gasteiger partial charge in [0.05, 0.1) is 11.8 Å². The molecule has 0 bridgehead atoms. The number of hydrogen-bond acceptors (Lipinski definition) is 5. The average molecular weight is 556 g/mol. The predicted octanol–water partition coefficient (Wildman–Crippen LogP) is 6.81. The first-order chi connectivity index (χ1) is 19.6. The van der Waals surface area contributed by atoms with Crippen LogP contribution in [0.3, 0.4) is 0 Å². The van der Waals surface area contributed by atoms with E-state index >= 15 is 0 Å². The van der Waals surface area contributed by atoms with E-state index in [0.29, 0.717) is 25.7 Å². The fourth-order valence-corrected chi connectivity index (χ4v) is 5.34. The third-order valence-electron chi connectivity index (χ3n) is 7.55. The highest BCUT2D eigenvalue weighted by atomic mass is 16.6. The Morgan fingerprint density at radius 2 is 1.39 bits per heavy atom. The van der Waals surface area contributed by atoms with Gasteiger partial charge in [-0.2, -0.15) is 0 Å². The van der Waals surface area contributed by atoms with Crippen LogP contribution in [0.5, 0.6) is 0 Å². The zero-order valence-electron chi connectivity index (χ0n) is 24.4. The second-order valence-corrected chi connectivity index (χ2v) is 12.0. The molecule has 1 N–H and O–H groups in total. The van der Waals surface area contributed by atoms with E-state index in [2.05, 4.69) is 41.7 Å². The largest absolute Gasteiger partial charge is 0.461 e. The molecule has 0 aliphatic heterocycles. The lowest BCUT2D eigenvalue weighted by atomic mass is 9.81. The summed E-state index contributed by atoms with van der Waals surface area (Å²) in [6.07, 6.45) is 3.84. The molecule has 1 unspecified atom stereocenters. The molecule has 3 aromatic rings. The van der Waals surface area contributed by atoms with Gasteiger partial charge in [-0.25, -0.2) is 4.79 Å². The van der Waals surface area contributed by atoms with Gasteiger partial charge in [0.15, 0.2) is 0 Å². The fourth-order valence-electron chi connectivity index (χ4n) is 5.34. The summed E-state index contributed by atoms with van der Waals surface area (Å²) >= 11 is 0. The Bertz CT molecular complexity index is 1290. The highest BCUT2D eigenvalue weighted by Gasteiger charge is 2.44. The summed E-state index contributed by atoms with van der Waals surface area (Å²) in [6, 6.07) is 27.1. The Morgan fingerprint density at radius 1 is 0.805 bits per heavy atom. The van der Waals surface area contributed by atoms with Crippen LogP contribution in [0.25, 0.3) is 11.1 Å². The van der Waals surface area contributed by atoms with Crippen LogP contribution in [0, 0.1) is 5.41 Å². The van der Waals surface area contributed by atoms with Crippen molar-refractivity contribution in [3.63, 3.8) is 0 Å². The monoisotopic (exact) mass is 555 g/mol. The van der Waals surface area contributed by atoms with Crippen molar-refractivity contribution >= 4 is 17.8 Å². The zero-order chi connectivity index (χ0) is 29.3. The SMILES string of the molecule is CC(C)(C)OC(=O)C(CCc1ccc(-c2ccccc2)cc1)NC(=O)C1(CC(=O)OCc2ccccc2)CCCC1. The minimum Gasteiger partial charge on any atom is -0.461 e. The van der Waals surface area contributed by atoms with Crippen LogP contribution in [0.1, 0.15) is 70.4 Å². The van der Waals surface area contributed by atoms with Gasteiger partial charge in [-0.1, -0.05) is 97.8 Å². The van der Waals surface area contributed by atoms with Gasteiger partial charge in [-0.3, -0.25) is 9.59 Å². The number of benzene rings is 3. The van der Waals surface area contributed by atoms with Crippen LogP contribution in [-0.2, 0) is 36.9 Å². The van der Waals surface area contributed by atoms with Gasteiger partial charge < -0.3 is 14.8 Å². The summed E-state index contributed by atoms with van der Waals surface area (Å²) in [5.74, 6) is -1.15. The van der Waals surface area contributed by atoms with Crippen molar-refractivity contribution < 1.29 is 23.9 Å². The normalized spacial score (nSPS) is 15.1. The van der Waals surface area contributed by atoms with Gasteiger partial charge >= 0.3 is 11.9 Å². The number of hydrogen-bond donors (Lipinski definition) is 1. The van der Waals surface area contributed by atoms with E-state index in [1.54, 1.807) is 0 Å². The molecule has 1 amide bonds. The van der Waals surface area contributed by atoms with Crippen molar-refractivity contribution in [2.24, 2.45) is 5.41 Å². The lowest BCUT2D eigenvalue weighted by Crippen LogP contribution is -2.50. The second-order valence-electron chi connectivity index (χ2n) is 12.0. The first-order valence-corrected chi connectivity index (χ1v) is 14.5. The van der Waals surface area contributed by atoms with Crippen molar-refractivity contribution in [3.05, 3.63) is 96.1 Å². The summed E-state index contributed by atoms with van der Waals surface area (Å²) in [4.78, 5) is 39.8. The van der Waals surface area contributed by atoms with Gasteiger partial charge in [0.25, 0.3) is 0 Å². The Morgan fingerprint density at radius 3 is 2.00 bits per heavy atom. The third-order valence-corrected chi connectivity index (χ3v) is 7.55. The van der Waals surface area contributed by atoms with Crippen molar-refractivity contribution in [2.45, 2.75) is 84.0 Å². The standard InChI is InChI=1S/C35H41NO5/c1-34(2,3)41-32(38)30(21-18-26-16-19-29(20-17-26)28-14-8-5-9-15-28)36-33(39)35(22-10-11-23-35)24-31(37)40-25-27-12-6-4-7-13-27/h4-9,12-17,19-20,30H,10-11,18,21-25H2,1-3H3,(H,36,39). The summed E-state index contributed by atoms with van der Waals surface area (Å²) in [6.45, 7) is 5.61. The van der Waals surface area contributed by atoms with E-state index in [9.17, 15) is 14.4 Å². The van der Waals surface area contributed by atoms with E-state index in [0.717, 1.165) is 35.1 Å². The minimum atomic E-state index is -0.884. The Balaban J connectivity index is 1.42. The van der Waals surface area contributed by atoms with E-state index in [-0.39, 0.29) is 18.9 Å². The van der Waals surface area contributed by atoms with Crippen LogP contribution in [-0.4, -0.2) is 29.5 Å². The lowest BCUT2D eigenvalue weighted by Gasteiger charge is -2.30. The van der Waals surface area contributed by atoms with Crippen LogP contribution in [0.15, 0.2) is 84.9 Å². The smallest absolute Gasteiger partial charge is 0.329 e. The van der Waals surface area contributed by atoms with Crippen LogP contribution >= 0.6 is 0 Å². The zero-order valence-corrected chi connectivity index (χ0v) is 24.4. The second kappa shape index (κ2) is 13.6. The summed E-state index contributed by atoms with van der Waals surface area (Å²) < 4.78 is 11.2. The molecule has 0 saturated heterocycles. The van der Waals surface area contributed by atoms with Crippen molar-refractivity contribution in [3.8, 4) is 11.1 Å². The number of rotatable bonds is 11. The van der Waals surface area contributed by atoms with E-state index in [1.165, 1.54) is 0 Å². The van der Waals surface area contributed by atoms with Crippen molar-refractivity contribution in [1.82, 2.24) is 5.32 Å². The molecule has 4 rings (SSSR count). The third kappa shape index (κ3) is 8.78. The van der Waals surface area contributed by atoms with Gasteiger partial charge in [0.2, 0.25) is 5.91 Å². The molecule has 1 aliphatic carbocycles. The van der Waals surface area contributed by atoms with Crippen LogP contribution in [0.2, 0.25) is 0 Å². The number of ether oxygens (including phenoxy) is 2. The maximum absolute atomic E-state index is 13.7. The molecule has 0 aromatic heterocycles. The molecule has 0 heterocycles. The molecule has 41 heavy (non-hydrogen) atoms. The molecule has 0 radical (unpaired) electrons. The lowest BCUT2D eigenvalue weighted by molar-refractivity contribution is -0.160. The molecule has 1 fully saturated rings. The maximum atomic E-state index is 13.7. The number of aryl methyl sites for hydroxylation is 1. The summed E-state index contributed by atoms with van der Waals surface area (Å²) in [7, 11) is 0. The number of carbonyl (C=O) groups is 3. The maximum Gasteiger partial charge on any atom is 0.329 e. The molecule has 1 aliphatic rings. The first-order valence-electron chi connectivity index (χ1n) is 14.5. The highest BCUT2D eigenvalue weighted by Crippen LogP contribution is 2.42. The molecule has 1 atom stereocenters. The highest BCUT2D eigenvalue weighted by molar-refractivity contribution is 5.91. The molecule has 6 heteroatoms. The minimum absolute atomic E-state index is 0.00630. The quantitative estimate of drug-likeness (QED) is 0.263. The van der Waals surface area contributed by atoms with Gasteiger partial charge in [-0.15, -0.1) is 0 Å². The number of carbonyl (C=O) groups excluding carboxylic acids is 3. The Kier molecular flexibility index (Phi) is 9.98. The summed E-state index contributed by atoms with van der Waals surface area (Å²) in [5.41, 5.74) is 2.64. The summed E-state index contributed by atoms with van der Waals surface area (Å²) in [5, 5.41) is 2.99. The van der Waals surface area contributed by atoms with Crippen LogP contribution < -0.4 is 5.32 Å². The van der Waals surface area contributed by atoms with Crippen molar-refractivity contribution in [2.75, 3.05) is 0 Å². The average Bonchev–Trinajstić information content (AvgIpc) is 3.44. The number of esters is 2. The van der Waals surface area contributed by atoms with E-state index in [4.69, 9.17) is 9.47 Å². The Hall–Kier alpha value is -3.93. The molecule has 6 nitrogen and oxygen atoms in total. The molecular formula is C35H41NO5. The first kappa shape index (κ1) is 30.0. The topological polar surface area (TPSA) is 81.7 Å². The molecule has 0 spiro atoms. The molecule has 3 aromatic carbocycles. The van der Waals surface area contributed by atoms with Crippen molar-refractivity contribution in [1.29, 1.82) is 0 Å². The number of nitrogens with one attached hydrogen (secondary N) is 1. The van der Waals surface area contributed by atoms with Crippen LogP contribution in [0.4, 0.5) is 0 Å². The molecule has 216 valence electrons. The fraction of sp³-hybridized carbons (Fsp3) is 0.400. The molecule has 1 saturated carbocycles. The predicted molar refractivity (Wildman–Crippen MR) is 160 cm³/mol. The van der Waals surface area contributed by atoms with E-state index < -0.39 is 29.0 Å². The van der Waals surface area contributed by atoms with E-state index in [1.807, 2.05) is 69.3 Å². The van der Waals surface area contributed by atoms with Gasteiger partial charge in [0.1, 0.15) is 18.2 Å². The van der Waals surface area contributed by atoms with Gasteiger partial charge in [0, 0.05) is 0 Å². The number of amides is 1. The molecular weight excluding hydrogens is 514 g/mol. The van der Waals surface area contributed by atoms with Gasteiger partial charge in [-0.05, 0) is 68.7 Å². The Labute approximate surface area is 243 Å².